The summed E-state index contributed by atoms with van der Waals surface area (Å²) in [5.41, 5.74) is 0.909. The van der Waals surface area contributed by atoms with Crippen molar-refractivity contribution in [1.29, 1.82) is 0 Å². The van der Waals surface area contributed by atoms with Crippen molar-refractivity contribution in [1.82, 2.24) is 19.8 Å². The average molecular weight is 261 g/mol. The smallest absolute Gasteiger partial charge is 0.138 e. The zero-order chi connectivity index (χ0) is 11.4. The summed E-state index contributed by atoms with van der Waals surface area (Å²) in [4.78, 5) is 2.34. The molecule has 6 heteroatoms. The Balaban J connectivity index is 1.91. The molecule has 1 aliphatic rings. The lowest BCUT2D eigenvalue weighted by Gasteiger charge is -2.25. The number of rotatable bonds is 3. The van der Waals surface area contributed by atoms with Crippen molar-refractivity contribution in [2.75, 3.05) is 20.1 Å². The molecule has 1 fully saturated rings. The number of aromatic nitrogens is 2. The molecular formula is C10H17ClN4S. The molecular weight excluding hydrogens is 244 g/mol. The zero-order valence-corrected chi connectivity index (χ0v) is 11.0. The van der Waals surface area contributed by atoms with Crippen molar-refractivity contribution < 1.29 is 0 Å². The van der Waals surface area contributed by atoms with Crippen LogP contribution >= 0.6 is 23.1 Å². The largest absolute Gasteiger partial charge is 0.317 e. The van der Waals surface area contributed by atoms with Crippen LogP contribution in [0.1, 0.15) is 25.0 Å². The van der Waals surface area contributed by atoms with Gasteiger partial charge in [0.25, 0.3) is 0 Å². The molecule has 1 unspecified atom stereocenters. The minimum absolute atomic E-state index is 0.632. The van der Waals surface area contributed by atoms with Crippen molar-refractivity contribution >= 4 is 23.1 Å². The Kier molecular flexibility index (Phi) is 4.52. The lowest BCUT2D eigenvalue weighted by atomic mass is 10.1. The van der Waals surface area contributed by atoms with E-state index in [-0.39, 0.29) is 0 Å². The highest BCUT2D eigenvalue weighted by atomic mass is 35.5. The molecule has 0 saturated carbocycles. The number of hydrogen-bond donors (Lipinski definition) is 1. The number of halogens is 1. The lowest BCUT2D eigenvalue weighted by molar-refractivity contribution is 0.214. The number of nitrogens with zero attached hydrogens (tertiary/aromatic N) is 3. The Morgan fingerprint density at radius 2 is 2.38 bits per heavy atom. The van der Waals surface area contributed by atoms with Crippen LogP contribution in [0, 0.1) is 0 Å². The molecule has 0 radical (unpaired) electrons. The molecule has 16 heavy (non-hydrogen) atoms. The van der Waals surface area contributed by atoms with E-state index in [1.54, 1.807) is 0 Å². The van der Waals surface area contributed by atoms with E-state index in [1.165, 1.54) is 30.8 Å². The van der Waals surface area contributed by atoms with Gasteiger partial charge in [-0.05, 0) is 39.4 Å². The zero-order valence-electron chi connectivity index (χ0n) is 9.45. The lowest BCUT2D eigenvalue weighted by Crippen LogP contribution is -2.32. The summed E-state index contributed by atoms with van der Waals surface area (Å²) in [6.07, 6.45) is 3.70. The van der Waals surface area contributed by atoms with Crippen LogP contribution in [0.15, 0.2) is 0 Å². The van der Waals surface area contributed by atoms with Gasteiger partial charge in [-0.2, -0.15) is 0 Å². The summed E-state index contributed by atoms with van der Waals surface area (Å²) < 4.78 is 4.58. The first-order chi connectivity index (χ1) is 7.77. The van der Waals surface area contributed by atoms with Crippen LogP contribution in [0.2, 0.25) is 4.34 Å². The highest BCUT2D eigenvalue weighted by Crippen LogP contribution is 2.21. The minimum Gasteiger partial charge on any atom is -0.317 e. The quantitative estimate of drug-likeness (QED) is 0.899. The topological polar surface area (TPSA) is 41.1 Å². The molecule has 1 aromatic rings. The second-order valence-electron chi connectivity index (χ2n) is 4.24. The molecule has 1 aromatic heterocycles. The maximum absolute atomic E-state index is 6.01. The van der Waals surface area contributed by atoms with Crippen LogP contribution in [0.4, 0.5) is 0 Å². The third-order valence-electron chi connectivity index (χ3n) is 3.08. The predicted octanol–water partition coefficient (Wildman–Crippen LogP) is 1.77. The molecule has 0 aliphatic carbocycles. The van der Waals surface area contributed by atoms with Crippen LogP contribution in [0.3, 0.4) is 0 Å². The highest BCUT2D eigenvalue weighted by Gasteiger charge is 2.18. The molecule has 90 valence electrons. The van der Waals surface area contributed by atoms with Crippen molar-refractivity contribution in [3.63, 3.8) is 0 Å². The molecule has 1 atom stereocenters. The first-order valence-corrected chi connectivity index (χ1v) is 6.80. The molecule has 1 saturated heterocycles. The first kappa shape index (κ1) is 12.2. The van der Waals surface area contributed by atoms with Gasteiger partial charge in [0.2, 0.25) is 0 Å². The van der Waals surface area contributed by atoms with Gasteiger partial charge in [0.15, 0.2) is 0 Å². The van der Waals surface area contributed by atoms with E-state index < -0.39 is 0 Å². The normalized spacial score (nSPS) is 22.3. The summed E-state index contributed by atoms with van der Waals surface area (Å²) in [6.45, 7) is 3.06. The van der Waals surface area contributed by atoms with Crippen LogP contribution in [0.25, 0.3) is 0 Å². The molecule has 2 heterocycles. The van der Waals surface area contributed by atoms with E-state index in [2.05, 4.69) is 26.9 Å². The highest BCUT2D eigenvalue weighted by molar-refractivity contribution is 7.10. The fourth-order valence-corrected chi connectivity index (χ4v) is 2.71. The number of nitrogens with one attached hydrogen (secondary N) is 1. The monoisotopic (exact) mass is 260 g/mol. The average Bonchev–Trinajstić information content (AvgIpc) is 2.57. The van der Waals surface area contributed by atoms with Gasteiger partial charge in [-0.15, -0.1) is 5.10 Å². The van der Waals surface area contributed by atoms with Crippen LogP contribution in [-0.2, 0) is 6.54 Å². The molecule has 0 amide bonds. The summed E-state index contributed by atoms with van der Waals surface area (Å²) in [6, 6.07) is 0.632. The number of hydrogen-bond acceptors (Lipinski definition) is 5. The molecule has 0 aromatic carbocycles. The van der Waals surface area contributed by atoms with Gasteiger partial charge < -0.3 is 5.32 Å². The van der Waals surface area contributed by atoms with Gasteiger partial charge in [-0.25, -0.2) is 0 Å². The van der Waals surface area contributed by atoms with E-state index in [0.717, 1.165) is 29.7 Å². The predicted molar refractivity (Wildman–Crippen MR) is 66.9 cm³/mol. The summed E-state index contributed by atoms with van der Waals surface area (Å²) in [5.74, 6) is 0. The first-order valence-electron chi connectivity index (χ1n) is 5.65. The molecule has 1 N–H and O–H groups in total. The molecule has 2 rings (SSSR count). The fourth-order valence-electron chi connectivity index (χ4n) is 2.10. The van der Waals surface area contributed by atoms with Crippen LogP contribution < -0.4 is 5.32 Å². The maximum Gasteiger partial charge on any atom is 0.138 e. The molecule has 4 nitrogen and oxygen atoms in total. The third-order valence-corrected chi connectivity index (χ3v) is 4.06. The van der Waals surface area contributed by atoms with E-state index >= 15 is 0 Å². The second-order valence-corrected chi connectivity index (χ2v) is 5.60. The van der Waals surface area contributed by atoms with E-state index in [0.29, 0.717) is 6.04 Å². The SMILES string of the molecule is CN(Cc1nnsc1Cl)C1CCCNCC1. The Bertz CT molecular complexity index is 322. The van der Waals surface area contributed by atoms with E-state index in [4.69, 9.17) is 11.6 Å². The van der Waals surface area contributed by atoms with E-state index in [9.17, 15) is 0 Å². The standard InChI is InChI=1S/C10H17ClN4S/c1-15(7-9-10(11)16-14-13-9)8-3-2-5-12-6-4-8/h8,12H,2-7H2,1H3. The van der Waals surface area contributed by atoms with E-state index in [1.807, 2.05) is 0 Å². The molecule has 0 spiro atoms. The van der Waals surface area contributed by atoms with Crippen molar-refractivity contribution in [2.24, 2.45) is 0 Å². The van der Waals surface area contributed by atoms with Gasteiger partial charge in [-0.3, -0.25) is 4.90 Å². The van der Waals surface area contributed by atoms with Gasteiger partial charge in [0.1, 0.15) is 10.0 Å². The van der Waals surface area contributed by atoms with Crippen molar-refractivity contribution in [3.05, 3.63) is 10.0 Å². The Labute approximate surface area is 105 Å². The minimum atomic E-state index is 0.632. The van der Waals surface area contributed by atoms with Crippen molar-refractivity contribution in [2.45, 2.75) is 31.8 Å². The fraction of sp³-hybridized carbons (Fsp3) is 0.800. The summed E-state index contributed by atoms with van der Waals surface area (Å²) in [5, 5.41) is 7.48. The van der Waals surface area contributed by atoms with Gasteiger partial charge in [-0.1, -0.05) is 16.1 Å². The van der Waals surface area contributed by atoms with Gasteiger partial charge in [0.05, 0.1) is 0 Å². The van der Waals surface area contributed by atoms with Crippen LogP contribution in [-0.4, -0.2) is 40.7 Å². The van der Waals surface area contributed by atoms with Crippen LogP contribution in [0.5, 0.6) is 0 Å². The third kappa shape index (κ3) is 3.13. The van der Waals surface area contributed by atoms with Crippen molar-refractivity contribution in [3.8, 4) is 0 Å². The van der Waals surface area contributed by atoms with Gasteiger partial charge >= 0.3 is 0 Å². The Morgan fingerprint density at radius 1 is 1.50 bits per heavy atom. The summed E-state index contributed by atoms with van der Waals surface area (Å²) in [7, 11) is 2.14. The maximum atomic E-state index is 6.01. The Morgan fingerprint density at radius 3 is 3.12 bits per heavy atom. The molecule has 1 aliphatic heterocycles. The van der Waals surface area contributed by atoms with Gasteiger partial charge in [0, 0.05) is 24.1 Å². The summed E-state index contributed by atoms with van der Waals surface area (Å²) >= 11 is 7.27. The molecule has 0 bridgehead atoms. The second kappa shape index (κ2) is 5.91. The Hall–Kier alpha value is -0.230.